The van der Waals surface area contributed by atoms with E-state index < -0.39 is 16.9 Å². The first-order valence-electron chi connectivity index (χ1n) is 7.40. The fourth-order valence-electron chi connectivity index (χ4n) is 3.01. The molecule has 0 heterocycles. The molecule has 0 saturated carbocycles. The zero-order chi connectivity index (χ0) is 14.6. The second-order valence-electron chi connectivity index (χ2n) is 6.45. The Kier molecular flexibility index (Phi) is 5.01. The molecule has 0 amide bonds. The Morgan fingerprint density at radius 1 is 0.850 bits per heavy atom. The lowest BCUT2D eigenvalue weighted by Gasteiger charge is -2.44. The molecule has 0 aromatic carbocycles. The lowest BCUT2D eigenvalue weighted by atomic mass is 10.2. The molecule has 4 heteroatoms. The van der Waals surface area contributed by atoms with Crippen molar-refractivity contribution in [3.05, 3.63) is 48.6 Å². The van der Waals surface area contributed by atoms with Gasteiger partial charge in [-0.3, -0.25) is 0 Å². The third-order valence-electron chi connectivity index (χ3n) is 3.78. The van der Waals surface area contributed by atoms with Crippen molar-refractivity contribution in [2.45, 2.75) is 43.6 Å². The molecule has 2 atom stereocenters. The van der Waals surface area contributed by atoms with Gasteiger partial charge in [-0.25, -0.2) is 0 Å². The van der Waals surface area contributed by atoms with E-state index in [1.54, 1.807) is 0 Å². The van der Waals surface area contributed by atoms with Crippen LogP contribution in [0, 0.1) is 0 Å². The topological polar surface area (TPSA) is 18.5 Å². The minimum Gasteiger partial charge on any atom is -0.435 e. The van der Waals surface area contributed by atoms with Crippen LogP contribution in [0.15, 0.2) is 48.6 Å². The smallest absolute Gasteiger partial charge is 0.342 e. The average Bonchev–Trinajstić information content (AvgIpc) is 2.46. The van der Waals surface area contributed by atoms with Crippen LogP contribution in [0.4, 0.5) is 0 Å². The highest BCUT2D eigenvalue weighted by atomic mass is 28.4. The summed E-state index contributed by atoms with van der Waals surface area (Å²) < 4.78 is 12.9. The lowest BCUT2D eigenvalue weighted by molar-refractivity contribution is 0.276. The summed E-state index contributed by atoms with van der Waals surface area (Å²) in [6, 6.07) is 0. The predicted molar refractivity (Wildman–Crippen MR) is 90.5 cm³/mol. The van der Waals surface area contributed by atoms with E-state index in [0.29, 0.717) is 11.1 Å². The van der Waals surface area contributed by atoms with E-state index in [1.807, 2.05) is 7.11 Å². The SMILES string of the molecule is CO[Si](O[Si](C)(C)C)(C1C=CC=CC1)C1C=CC=CC1. The van der Waals surface area contributed by atoms with Crippen molar-refractivity contribution in [3.8, 4) is 0 Å². The summed E-state index contributed by atoms with van der Waals surface area (Å²) in [6.45, 7) is 6.79. The highest BCUT2D eigenvalue weighted by molar-refractivity contribution is 6.84. The highest BCUT2D eigenvalue weighted by Gasteiger charge is 2.51. The number of rotatable bonds is 5. The van der Waals surface area contributed by atoms with Crippen LogP contribution in [0.2, 0.25) is 30.7 Å². The molecule has 0 fully saturated rings. The van der Waals surface area contributed by atoms with Crippen molar-refractivity contribution in [1.29, 1.82) is 0 Å². The maximum atomic E-state index is 6.74. The summed E-state index contributed by atoms with van der Waals surface area (Å²) in [4.78, 5) is 0. The third kappa shape index (κ3) is 3.49. The van der Waals surface area contributed by atoms with E-state index in [1.165, 1.54) is 0 Å². The standard InChI is InChI=1S/C16H26O2Si2/c1-17-20(18-19(2,3)4,15-11-7-5-8-12-15)16-13-9-6-10-14-16/h5-11,13,15-16H,12,14H2,1-4H3. The molecule has 0 aliphatic heterocycles. The normalized spacial score (nSPS) is 28.6. The molecule has 0 N–H and O–H groups in total. The van der Waals surface area contributed by atoms with E-state index in [4.69, 9.17) is 8.54 Å². The molecule has 0 saturated heterocycles. The van der Waals surface area contributed by atoms with Crippen LogP contribution < -0.4 is 0 Å². The van der Waals surface area contributed by atoms with Crippen molar-refractivity contribution in [2.75, 3.05) is 7.11 Å². The van der Waals surface area contributed by atoms with Crippen molar-refractivity contribution >= 4 is 16.9 Å². The van der Waals surface area contributed by atoms with Crippen molar-refractivity contribution in [1.82, 2.24) is 0 Å². The minimum absolute atomic E-state index is 0.408. The van der Waals surface area contributed by atoms with Crippen LogP contribution in [0.1, 0.15) is 12.8 Å². The predicted octanol–water partition coefficient (Wildman–Crippen LogP) is 4.70. The first-order chi connectivity index (χ1) is 9.48. The molecular formula is C16H26O2Si2. The van der Waals surface area contributed by atoms with Gasteiger partial charge in [-0.1, -0.05) is 48.6 Å². The number of hydrogen-bond acceptors (Lipinski definition) is 2. The molecule has 110 valence electrons. The minimum atomic E-state index is -2.32. The van der Waals surface area contributed by atoms with Gasteiger partial charge in [-0.05, 0) is 32.5 Å². The first kappa shape index (κ1) is 15.7. The second-order valence-corrected chi connectivity index (χ2v) is 14.8. The van der Waals surface area contributed by atoms with Gasteiger partial charge in [-0.2, -0.15) is 0 Å². The van der Waals surface area contributed by atoms with Crippen molar-refractivity contribution < 1.29 is 8.54 Å². The van der Waals surface area contributed by atoms with E-state index in [0.717, 1.165) is 12.8 Å². The molecule has 0 bridgehead atoms. The Morgan fingerprint density at radius 3 is 1.65 bits per heavy atom. The Labute approximate surface area is 125 Å². The Bertz CT molecular complexity index is 414. The fraction of sp³-hybridized carbons (Fsp3) is 0.500. The molecule has 2 aliphatic carbocycles. The summed E-state index contributed by atoms with van der Waals surface area (Å²) >= 11 is 0. The zero-order valence-electron chi connectivity index (χ0n) is 13.0. The van der Waals surface area contributed by atoms with Crippen LogP contribution in [0.3, 0.4) is 0 Å². The first-order valence-corrected chi connectivity index (χ1v) is 12.8. The van der Waals surface area contributed by atoms with Gasteiger partial charge in [-0.15, -0.1) is 0 Å². The summed E-state index contributed by atoms with van der Waals surface area (Å²) in [5.74, 6) is 0. The summed E-state index contributed by atoms with van der Waals surface area (Å²) in [6.07, 6.45) is 19.7. The van der Waals surface area contributed by atoms with Crippen LogP contribution in [0.25, 0.3) is 0 Å². The quantitative estimate of drug-likeness (QED) is 0.685. The molecule has 0 aromatic heterocycles. The van der Waals surface area contributed by atoms with Gasteiger partial charge in [0.2, 0.25) is 0 Å². The number of allylic oxidation sites excluding steroid dienone is 8. The summed E-state index contributed by atoms with van der Waals surface area (Å²) in [5.41, 5.74) is 0.816. The van der Waals surface area contributed by atoms with Gasteiger partial charge in [0.25, 0.3) is 0 Å². The van der Waals surface area contributed by atoms with E-state index in [2.05, 4.69) is 68.2 Å². The van der Waals surface area contributed by atoms with Gasteiger partial charge in [0.05, 0.1) is 0 Å². The monoisotopic (exact) mass is 306 g/mol. The van der Waals surface area contributed by atoms with Crippen molar-refractivity contribution in [2.24, 2.45) is 0 Å². The van der Waals surface area contributed by atoms with E-state index in [-0.39, 0.29) is 0 Å². The van der Waals surface area contributed by atoms with E-state index >= 15 is 0 Å². The molecule has 0 radical (unpaired) electrons. The van der Waals surface area contributed by atoms with E-state index in [9.17, 15) is 0 Å². The lowest BCUT2D eigenvalue weighted by Crippen LogP contribution is -2.55. The fourth-order valence-corrected chi connectivity index (χ4v) is 11.2. The van der Waals surface area contributed by atoms with Gasteiger partial charge < -0.3 is 8.54 Å². The second kappa shape index (κ2) is 6.39. The van der Waals surface area contributed by atoms with Crippen LogP contribution in [-0.2, 0) is 8.54 Å². The maximum Gasteiger partial charge on any atom is 0.342 e. The zero-order valence-corrected chi connectivity index (χ0v) is 15.0. The summed E-state index contributed by atoms with van der Waals surface area (Å²) in [5, 5.41) is 0. The Morgan fingerprint density at radius 2 is 1.35 bits per heavy atom. The Hall–Kier alpha value is -0.686. The average molecular weight is 307 g/mol. The summed E-state index contributed by atoms with van der Waals surface area (Å²) in [7, 11) is -2.13. The van der Waals surface area contributed by atoms with Crippen LogP contribution in [-0.4, -0.2) is 24.0 Å². The molecule has 2 nitrogen and oxygen atoms in total. The largest absolute Gasteiger partial charge is 0.435 e. The van der Waals surface area contributed by atoms with Gasteiger partial charge in [0.1, 0.15) is 0 Å². The van der Waals surface area contributed by atoms with Crippen molar-refractivity contribution in [3.63, 3.8) is 0 Å². The molecular weight excluding hydrogens is 280 g/mol. The van der Waals surface area contributed by atoms with Gasteiger partial charge in [0.15, 0.2) is 8.32 Å². The highest BCUT2D eigenvalue weighted by Crippen LogP contribution is 2.44. The molecule has 2 rings (SSSR count). The number of hydrogen-bond donors (Lipinski definition) is 0. The van der Waals surface area contributed by atoms with Gasteiger partial charge >= 0.3 is 8.56 Å². The molecule has 2 unspecified atom stereocenters. The molecule has 0 aromatic rings. The third-order valence-corrected chi connectivity index (χ3v) is 11.1. The maximum absolute atomic E-state index is 6.74. The molecule has 0 spiro atoms. The van der Waals surface area contributed by atoms with Crippen LogP contribution >= 0.6 is 0 Å². The Balaban J connectivity index is 2.34. The van der Waals surface area contributed by atoms with Crippen LogP contribution in [0.5, 0.6) is 0 Å². The van der Waals surface area contributed by atoms with Gasteiger partial charge in [0, 0.05) is 18.2 Å². The molecule has 2 aliphatic rings. The molecule has 20 heavy (non-hydrogen) atoms.